The molecule has 0 unspecified atom stereocenters. The van der Waals surface area contributed by atoms with Gasteiger partial charge in [-0.1, -0.05) is 13.3 Å². The largest absolute Gasteiger partial charge is 0.426 e. The summed E-state index contributed by atoms with van der Waals surface area (Å²) >= 11 is 0. The minimum absolute atomic E-state index is 0.00985. The van der Waals surface area contributed by atoms with E-state index in [2.05, 4.69) is 17.2 Å². The Kier molecular flexibility index (Phi) is 6.10. The Morgan fingerprint density at radius 3 is 2.04 bits per heavy atom. The Labute approximate surface area is 153 Å². The van der Waals surface area contributed by atoms with Crippen molar-refractivity contribution in [2.75, 3.05) is 0 Å². The van der Waals surface area contributed by atoms with Gasteiger partial charge in [-0.2, -0.15) is 10.2 Å². The number of hydrogen-bond donors (Lipinski definition) is 0. The number of nitrogens with zero attached hydrogens (tertiary/aromatic N) is 2. The molecule has 0 aromatic heterocycles. The minimum atomic E-state index is -0.307. The highest BCUT2D eigenvalue weighted by Gasteiger charge is 2.26. The van der Waals surface area contributed by atoms with Crippen molar-refractivity contribution >= 4 is 17.3 Å². The second-order valence-electron chi connectivity index (χ2n) is 6.72. The topological polar surface area (TPSA) is 51.0 Å². The average Bonchev–Trinajstić information content (AvgIpc) is 2.68. The lowest BCUT2D eigenvalue weighted by molar-refractivity contribution is -0.140. The Balaban J connectivity index is 1.54. The van der Waals surface area contributed by atoms with Crippen molar-refractivity contribution in [2.24, 2.45) is 22.1 Å². The summed E-state index contributed by atoms with van der Waals surface area (Å²) in [5.41, 5.74) is 1.21. The van der Waals surface area contributed by atoms with Crippen molar-refractivity contribution < 1.29 is 13.9 Å². The van der Waals surface area contributed by atoms with Gasteiger partial charge in [-0.05, 0) is 80.1 Å². The molecule has 0 amide bonds. The quantitative estimate of drug-likeness (QED) is 0.356. The van der Waals surface area contributed by atoms with Crippen LogP contribution >= 0.6 is 0 Å². The van der Waals surface area contributed by atoms with E-state index in [1.54, 1.807) is 36.4 Å². The highest BCUT2D eigenvalue weighted by Crippen LogP contribution is 2.32. The number of ether oxygens (including phenoxy) is 1. The van der Waals surface area contributed by atoms with Gasteiger partial charge < -0.3 is 4.74 Å². The molecule has 1 aliphatic rings. The number of benzene rings is 2. The first-order valence-corrected chi connectivity index (χ1v) is 9.13. The number of azo groups is 1. The molecule has 26 heavy (non-hydrogen) atoms. The number of carbonyl (C=O) groups is 1. The summed E-state index contributed by atoms with van der Waals surface area (Å²) in [5.74, 6) is 0.840. The van der Waals surface area contributed by atoms with E-state index in [1.807, 2.05) is 0 Å². The van der Waals surface area contributed by atoms with E-state index < -0.39 is 0 Å². The fraction of sp³-hybridized carbons (Fsp3) is 0.381. The Morgan fingerprint density at radius 2 is 1.50 bits per heavy atom. The molecular weight excluding hydrogens is 331 g/mol. The zero-order valence-corrected chi connectivity index (χ0v) is 14.9. The molecule has 2 aromatic rings. The molecule has 0 saturated heterocycles. The first-order valence-electron chi connectivity index (χ1n) is 9.13. The van der Waals surface area contributed by atoms with Gasteiger partial charge in [-0.25, -0.2) is 4.39 Å². The van der Waals surface area contributed by atoms with Gasteiger partial charge in [0.2, 0.25) is 0 Å². The molecular formula is C21H23FN2O2. The second kappa shape index (κ2) is 8.70. The third-order valence-corrected chi connectivity index (χ3v) is 4.92. The van der Waals surface area contributed by atoms with Gasteiger partial charge in [0, 0.05) is 0 Å². The molecule has 0 heterocycles. The van der Waals surface area contributed by atoms with Gasteiger partial charge in [-0.15, -0.1) is 0 Å². The predicted octanol–water partition coefficient (Wildman–Crippen LogP) is 6.36. The molecule has 4 nitrogen and oxygen atoms in total. The van der Waals surface area contributed by atoms with Crippen LogP contribution in [0.4, 0.5) is 15.8 Å². The van der Waals surface area contributed by atoms with E-state index in [0.29, 0.717) is 17.1 Å². The number of carbonyl (C=O) groups excluding carboxylic acids is 1. The summed E-state index contributed by atoms with van der Waals surface area (Å²) in [6, 6.07) is 12.7. The van der Waals surface area contributed by atoms with Gasteiger partial charge >= 0.3 is 5.97 Å². The van der Waals surface area contributed by atoms with Crippen LogP contribution in [0.3, 0.4) is 0 Å². The third kappa shape index (κ3) is 4.97. The Morgan fingerprint density at radius 1 is 0.962 bits per heavy atom. The molecule has 0 atom stereocenters. The Hall–Kier alpha value is -2.56. The van der Waals surface area contributed by atoms with Crippen LogP contribution in [0, 0.1) is 17.7 Å². The zero-order valence-electron chi connectivity index (χ0n) is 14.9. The number of hydrogen-bond acceptors (Lipinski definition) is 4. The molecule has 0 aliphatic heterocycles. The van der Waals surface area contributed by atoms with Crippen molar-refractivity contribution in [2.45, 2.75) is 39.0 Å². The first-order chi connectivity index (χ1) is 12.6. The van der Waals surface area contributed by atoms with Crippen molar-refractivity contribution in [1.29, 1.82) is 0 Å². The van der Waals surface area contributed by atoms with Gasteiger partial charge in [0.25, 0.3) is 0 Å². The smallest absolute Gasteiger partial charge is 0.314 e. The van der Waals surface area contributed by atoms with E-state index in [0.717, 1.165) is 31.6 Å². The van der Waals surface area contributed by atoms with Crippen molar-refractivity contribution in [3.63, 3.8) is 0 Å². The monoisotopic (exact) mass is 354 g/mol. The molecule has 0 radical (unpaired) electrons. The molecule has 1 aliphatic carbocycles. The fourth-order valence-electron chi connectivity index (χ4n) is 3.21. The SMILES string of the molecule is CC[C@H]1CC[C@H](C(=O)Oc2ccc(N=Nc3ccc(F)cc3)cc2)CC1. The van der Waals surface area contributed by atoms with Crippen molar-refractivity contribution in [3.8, 4) is 5.75 Å². The molecule has 1 saturated carbocycles. The molecule has 0 N–H and O–H groups in total. The number of halogens is 1. The maximum Gasteiger partial charge on any atom is 0.314 e. The van der Waals surface area contributed by atoms with E-state index in [-0.39, 0.29) is 17.7 Å². The van der Waals surface area contributed by atoms with Crippen LogP contribution in [-0.4, -0.2) is 5.97 Å². The summed E-state index contributed by atoms with van der Waals surface area (Å²) in [6.45, 7) is 2.21. The molecule has 0 spiro atoms. The van der Waals surface area contributed by atoms with Gasteiger partial charge in [0.05, 0.1) is 17.3 Å². The zero-order chi connectivity index (χ0) is 18.4. The van der Waals surface area contributed by atoms with Crippen LogP contribution in [0.5, 0.6) is 5.75 Å². The van der Waals surface area contributed by atoms with Crippen molar-refractivity contribution in [3.05, 3.63) is 54.3 Å². The molecule has 2 aromatic carbocycles. The lowest BCUT2D eigenvalue weighted by Crippen LogP contribution is -2.25. The number of rotatable bonds is 5. The first kappa shape index (κ1) is 18.2. The summed E-state index contributed by atoms with van der Waals surface area (Å²) in [6.07, 6.45) is 5.25. The molecule has 0 bridgehead atoms. The second-order valence-corrected chi connectivity index (χ2v) is 6.72. The van der Waals surface area contributed by atoms with Gasteiger partial charge in [-0.3, -0.25) is 4.79 Å². The van der Waals surface area contributed by atoms with Gasteiger partial charge in [0.15, 0.2) is 0 Å². The lowest BCUT2D eigenvalue weighted by Gasteiger charge is -2.26. The maximum atomic E-state index is 12.9. The minimum Gasteiger partial charge on any atom is -0.426 e. The summed E-state index contributed by atoms with van der Waals surface area (Å²) < 4.78 is 18.4. The average molecular weight is 354 g/mol. The highest BCUT2D eigenvalue weighted by molar-refractivity contribution is 5.75. The fourth-order valence-corrected chi connectivity index (χ4v) is 3.21. The standard InChI is InChI=1S/C21H23FN2O2/c1-2-15-3-5-16(6-4-15)21(25)26-20-13-11-19(12-14-20)24-23-18-9-7-17(22)8-10-18/h7-16H,2-6H2,1H3/t15-,16-. The van der Waals surface area contributed by atoms with Crippen LogP contribution in [0.2, 0.25) is 0 Å². The Bertz CT molecular complexity index is 749. The van der Waals surface area contributed by atoms with Crippen LogP contribution in [0.25, 0.3) is 0 Å². The molecule has 5 heteroatoms. The molecule has 1 fully saturated rings. The van der Waals surface area contributed by atoms with E-state index >= 15 is 0 Å². The summed E-state index contributed by atoms with van der Waals surface area (Å²) in [4.78, 5) is 12.3. The predicted molar refractivity (Wildman–Crippen MR) is 98.4 cm³/mol. The normalized spacial score (nSPS) is 20.2. The van der Waals surface area contributed by atoms with Crippen LogP contribution in [0.1, 0.15) is 39.0 Å². The molecule has 3 rings (SSSR count). The van der Waals surface area contributed by atoms with E-state index in [4.69, 9.17) is 4.74 Å². The maximum absolute atomic E-state index is 12.9. The van der Waals surface area contributed by atoms with Crippen LogP contribution in [0.15, 0.2) is 58.8 Å². The lowest BCUT2D eigenvalue weighted by atomic mass is 9.81. The van der Waals surface area contributed by atoms with Crippen LogP contribution < -0.4 is 4.74 Å². The van der Waals surface area contributed by atoms with Crippen molar-refractivity contribution in [1.82, 2.24) is 0 Å². The summed E-state index contributed by atoms with van der Waals surface area (Å²) in [7, 11) is 0. The van der Waals surface area contributed by atoms with Crippen LogP contribution in [-0.2, 0) is 4.79 Å². The number of esters is 1. The highest BCUT2D eigenvalue weighted by atomic mass is 19.1. The van der Waals surface area contributed by atoms with Gasteiger partial charge in [0.1, 0.15) is 11.6 Å². The third-order valence-electron chi connectivity index (χ3n) is 4.92. The van der Waals surface area contributed by atoms with E-state index in [9.17, 15) is 9.18 Å². The van der Waals surface area contributed by atoms with E-state index in [1.165, 1.54) is 18.6 Å². The molecule has 136 valence electrons. The summed E-state index contributed by atoms with van der Waals surface area (Å²) in [5, 5.41) is 8.14.